The van der Waals surface area contributed by atoms with Gasteiger partial charge in [0.2, 0.25) is 17.7 Å². The molecule has 0 N–H and O–H groups in total. The Bertz CT molecular complexity index is 1430. The van der Waals surface area contributed by atoms with E-state index in [9.17, 15) is 23.6 Å². The highest BCUT2D eigenvalue weighted by Crippen LogP contribution is 2.53. The number of rotatable bonds is 4. The van der Waals surface area contributed by atoms with Crippen molar-refractivity contribution in [2.24, 2.45) is 5.92 Å². The summed E-state index contributed by atoms with van der Waals surface area (Å²) < 4.78 is 15.0. The molecule has 3 amide bonds. The maximum Gasteiger partial charge on any atom is 0.308 e. The second-order valence-corrected chi connectivity index (χ2v) is 11.5. The average molecular weight is 539 g/mol. The topological polar surface area (TPSA) is 92.6 Å². The minimum Gasteiger partial charge on any atom is -0.341 e. The standard InChI is InChI=1S/C26H23FN4O4S2/c27-16-6-8-17(9-7-16)31-23(33)20-19(15-5-4-10-28-13-15)22-25(36-21(20)24(31)34)30(26(35)37-22)14-18(32)29-11-2-1-3-12-29/h4-10,13,19-21H,1-3,11-12,14H2/t19-,20-,21+/m0/s1. The molecule has 190 valence electrons. The first kappa shape index (κ1) is 24.1. The fourth-order valence-electron chi connectivity index (χ4n) is 5.40. The van der Waals surface area contributed by atoms with Gasteiger partial charge in [-0.05, 0) is 55.2 Å². The van der Waals surface area contributed by atoms with E-state index in [1.54, 1.807) is 23.4 Å². The second kappa shape index (κ2) is 9.53. The molecule has 3 aromatic rings. The quantitative estimate of drug-likeness (QED) is 0.474. The zero-order chi connectivity index (χ0) is 25.7. The van der Waals surface area contributed by atoms with Gasteiger partial charge in [-0.15, -0.1) is 0 Å². The summed E-state index contributed by atoms with van der Waals surface area (Å²) in [6.45, 7) is 1.25. The number of amides is 3. The van der Waals surface area contributed by atoms with Crippen molar-refractivity contribution in [3.8, 4) is 0 Å². The van der Waals surface area contributed by atoms with E-state index in [0.29, 0.717) is 28.7 Å². The lowest BCUT2D eigenvalue weighted by atomic mass is 9.84. The molecule has 1 aromatic carbocycles. The zero-order valence-corrected chi connectivity index (χ0v) is 21.3. The van der Waals surface area contributed by atoms with Gasteiger partial charge in [0.1, 0.15) is 17.6 Å². The maximum absolute atomic E-state index is 13.7. The summed E-state index contributed by atoms with van der Waals surface area (Å²) in [5, 5.41) is -0.238. The van der Waals surface area contributed by atoms with Crippen LogP contribution in [0.25, 0.3) is 0 Å². The molecule has 0 unspecified atom stereocenters. The number of aromatic nitrogens is 2. The number of thiazole rings is 1. The van der Waals surface area contributed by atoms with Crippen molar-refractivity contribution in [1.82, 2.24) is 14.5 Å². The summed E-state index contributed by atoms with van der Waals surface area (Å²) >= 11 is 2.19. The predicted molar refractivity (Wildman–Crippen MR) is 137 cm³/mol. The molecule has 0 aliphatic carbocycles. The van der Waals surface area contributed by atoms with Gasteiger partial charge >= 0.3 is 4.87 Å². The number of nitrogens with zero attached hydrogens (tertiary/aromatic N) is 4. The number of hydrogen-bond donors (Lipinski definition) is 0. The van der Waals surface area contributed by atoms with Crippen molar-refractivity contribution in [2.45, 2.75) is 42.0 Å². The molecule has 6 rings (SSSR count). The van der Waals surface area contributed by atoms with Crippen LogP contribution in [0.3, 0.4) is 0 Å². The molecule has 2 saturated heterocycles. The molecule has 0 spiro atoms. The Balaban J connectivity index is 1.42. The van der Waals surface area contributed by atoms with Gasteiger partial charge in [-0.3, -0.25) is 28.7 Å². The molecule has 2 fully saturated rings. The number of imide groups is 1. The van der Waals surface area contributed by atoms with Crippen LogP contribution >= 0.6 is 23.1 Å². The largest absolute Gasteiger partial charge is 0.341 e. The molecule has 3 atom stereocenters. The molecule has 3 aliphatic heterocycles. The van der Waals surface area contributed by atoms with Crippen LogP contribution in [-0.2, 0) is 20.9 Å². The van der Waals surface area contributed by atoms with E-state index < -0.39 is 34.7 Å². The molecule has 8 nitrogen and oxygen atoms in total. The minimum atomic E-state index is -0.791. The Hall–Kier alpha value is -3.31. The zero-order valence-electron chi connectivity index (χ0n) is 19.7. The number of fused-ring (bicyclic) bond motifs is 2. The van der Waals surface area contributed by atoms with Crippen LogP contribution in [0.1, 0.15) is 35.6 Å². The lowest BCUT2D eigenvalue weighted by Gasteiger charge is -2.31. The van der Waals surface area contributed by atoms with Gasteiger partial charge in [-0.2, -0.15) is 0 Å². The Morgan fingerprint density at radius 2 is 1.78 bits per heavy atom. The molecular formula is C26H23FN4O4S2. The Kier molecular flexibility index (Phi) is 6.20. The van der Waals surface area contributed by atoms with E-state index in [0.717, 1.165) is 41.1 Å². The fourth-order valence-corrected chi connectivity index (χ4v) is 8.17. The number of piperidine rings is 1. The average Bonchev–Trinajstić information content (AvgIpc) is 3.36. The number of anilines is 1. The molecule has 0 saturated carbocycles. The summed E-state index contributed by atoms with van der Waals surface area (Å²) in [5.74, 6) is -2.73. The summed E-state index contributed by atoms with van der Waals surface area (Å²) in [6.07, 6.45) is 6.24. The van der Waals surface area contributed by atoms with E-state index in [1.165, 1.54) is 40.6 Å². The maximum atomic E-state index is 13.7. The van der Waals surface area contributed by atoms with Crippen LogP contribution < -0.4 is 9.77 Å². The first-order valence-corrected chi connectivity index (χ1v) is 13.8. The SMILES string of the molecule is O=C(Cn1c2c(sc1=O)[C@@H](c1cccnc1)[C@@H]1C(=O)N(c3ccc(F)cc3)C(=O)[C@@H]1S2)N1CCCCC1. The van der Waals surface area contributed by atoms with Crippen molar-refractivity contribution in [2.75, 3.05) is 18.0 Å². The van der Waals surface area contributed by atoms with Gasteiger partial charge in [0.25, 0.3) is 0 Å². The van der Waals surface area contributed by atoms with Crippen LogP contribution in [0, 0.1) is 11.7 Å². The Morgan fingerprint density at radius 3 is 2.49 bits per heavy atom. The summed E-state index contributed by atoms with van der Waals surface area (Å²) in [6, 6.07) is 8.84. The van der Waals surface area contributed by atoms with E-state index in [4.69, 9.17) is 0 Å². The molecule has 5 heterocycles. The summed E-state index contributed by atoms with van der Waals surface area (Å²) in [4.78, 5) is 61.1. The molecule has 0 radical (unpaired) electrons. The number of likely N-dealkylation sites (tertiary alicyclic amines) is 1. The number of carbonyl (C=O) groups excluding carboxylic acids is 3. The number of benzene rings is 1. The van der Waals surface area contributed by atoms with Gasteiger partial charge < -0.3 is 4.90 Å². The van der Waals surface area contributed by atoms with E-state index in [2.05, 4.69) is 4.98 Å². The van der Waals surface area contributed by atoms with Crippen LogP contribution in [0.2, 0.25) is 0 Å². The van der Waals surface area contributed by atoms with E-state index in [-0.39, 0.29) is 17.3 Å². The highest BCUT2D eigenvalue weighted by atomic mass is 32.2. The second-order valence-electron chi connectivity index (χ2n) is 9.38. The molecule has 2 aromatic heterocycles. The van der Waals surface area contributed by atoms with E-state index in [1.807, 2.05) is 6.07 Å². The molecule has 0 bridgehead atoms. The Morgan fingerprint density at radius 1 is 1.03 bits per heavy atom. The number of thioether (sulfide) groups is 1. The van der Waals surface area contributed by atoms with Crippen molar-refractivity contribution in [3.63, 3.8) is 0 Å². The van der Waals surface area contributed by atoms with Crippen molar-refractivity contribution < 1.29 is 18.8 Å². The third kappa shape index (κ3) is 4.10. The molecule has 37 heavy (non-hydrogen) atoms. The third-order valence-electron chi connectivity index (χ3n) is 7.18. The van der Waals surface area contributed by atoms with Gasteiger partial charge in [-0.1, -0.05) is 29.2 Å². The lowest BCUT2D eigenvalue weighted by molar-refractivity contribution is -0.133. The van der Waals surface area contributed by atoms with Gasteiger partial charge in [0.15, 0.2) is 0 Å². The van der Waals surface area contributed by atoms with Gasteiger partial charge in [-0.25, -0.2) is 9.29 Å². The number of carbonyl (C=O) groups is 3. The summed E-state index contributed by atoms with van der Waals surface area (Å²) in [5.41, 5.74) is 1.02. The van der Waals surface area contributed by atoms with Crippen molar-refractivity contribution >= 4 is 46.5 Å². The predicted octanol–water partition coefficient (Wildman–Crippen LogP) is 3.25. The molecule has 3 aliphatic rings. The van der Waals surface area contributed by atoms with E-state index >= 15 is 0 Å². The first-order chi connectivity index (χ1) is 17.9. The van der Waals surface area contributed by atoms with Gasteiger partial charge in [0.05, 0.1) is 16.6 Å². The highest BCUT2D eigenvalue weighted by Gasteiger charge is 2.56. The first-order valence-electron chi connectivity index (χ1n) is 12.2. The summed E-state index contributed by atoms with van der Waals surface area (Å²) in [7, 11) is 0. The lowest BCUT2D eigenvalue weighted by Crippen LogP contribution is -2.39. The monoisotopic (exact) mass is 538 g/mol. The minimum absolute atomic E-state index is 0.0986. The number of pyridine rings is 1. The van der Waals surface area contributed by atoms with Crippen LogP contribution in [-0.4, -0.2) is 50.5 Å². The third-order valence-corrected chi connectivity index (χ3v) is 9.78. The fraction of sp³-hybridized carbons (Fsp3) is 0.346. The molecule has 11 heteroatoms. The van der Waals surface area contributed by atoms with Crippen molar-refractivity contribution in [1.29, 1.82) is 0 Å². The normalized spacial score (nSPS) is 23.2. The van der Waals surface area contributed by atoms with Crippen molar-refractivity contribution in [3.05, 3.63) is 74.7 Å². The number of halogens is 1. The highest BCUT2D eigenvalue weighted by molar-refractivity contribution is 8.00. The van der Waals surface area contributed by atoms with Crippen LogP contribution in [0.15, 0.2) is 58.6 Å². The van der Waals surface area contributed by atoms with Crippen LogP contribution in [0.4, 0.5) is 10.1 Å². The van der Waals surface area contributed by atoms with Crippen LogP contribution in [0.5, 0.6) is 0 Å². The Labute approximate surface area is 220 Å². The number of hydrogen-bond acceptors (Lipinski definition) is 7. The van der Waals surface area contributed by atoms with Gasteiger partial charge in [0, 0.05) is 36.3 Å². The smallest absolute Gasteiger partial charge is 0.308 e. The molecular weight excluding hydrogens is 515 g/mol.